The molecule has 0 amide bonds. The van der Waals surface area contributed by atoms with Crippen LogP contribution in [0.15, 0.2) is 30.5 Å². The van der Waals surface area contributed by atoms with Crippen molar-refractivity contribution in [2.24, 2.45) is 0 Å². The van der Waals surface area contributed by atoms with E-state index in [0.29, 0.717) is 0 Å². The Kier molecular flexibility index (Phi) is 5.06. The van der Waals surface area contributed by atoms with Gasteiger partial charge in [0.2, 0.25) is 0 Å². The molecule has 0 bridgehead atoms. The van der Waals surface area contributed by atoms with Crippen molar-refractivity contribution in [2.75, 3.05) is 36.0 Å². The summed E-state index contributed by atoms with van der Waals surface area (Å²) in [6.45, 7) is 0.361. The van der Waals surface area contributed by atoms with E-state index in [0.717, 1.165) is 18.2 Å². The first kappa shape index (κ1) is 19.7. The SMILES string of the molecule is N#Cc1ccc(C(F)(F)F)nc1N1CCN(c2ncccc2C(F)(F)F)CC1. The zero-order chi connectivity index (χ0) is 20.5. The van der Waals surface area contributed by atoms with Crippen molar-refractivity contribution in [1.82, 2.24) is 9.97 Å². The van der Waals surface area contributed by atoms with Gasteiger partial charge in [0.15, 0.2) is 0 Å². The zero-order valence-electron chi connectivity index (χ0n) is 14.2. The second-order valence-electron chi connectivity index (χ2n) is 6.02. The number of nitriles is 1. The summed E-state index contributed by atoms with van der Waals surface area (Å²) < 4.78 is 78.3. The first-order valence-corrected chi connectivity index (χ1v) is 8.11. The monoisotopic (exact) mass is 401 g/mol. The molecule has 0 aliphatic carbocycles. The quantitative estimate of drug-likeness (QED) is 0.719. The van der Waals surface area contributed by atoms with E-state index < -0.39 is 23.6 Å². The number of alkyl halides is 6. The average molecular weight is 401 g/mol. The van der Waals surface area contributed by atoms with Crippen molar-refractivity contribution in [2.45, 2.75) is 12.4 Å². The molecule has 3 rings (SSSR count). The summed E-state index contributed by atoms with van der Waals surface area (Å²) >= 11 is 0. The lowest BCUT2D eigenvalue weighted by molar-refractivity contribution is -0.141. The van der Waals surface area contributed by atoms with Gasteiger partial charge in [-0.15, -0.1) is 0 Å². The molecule has 0 atom stereocenters. The Labute approximate surface area is 155 Å². The molecule has 11 heteroatoms. The smallest absolute Gasteiger partial charge is 0.353 e. The number of rotatable bonds is 2. The van der Waals surface area contributed by atoms with E-state index in [1.54, 1.807) is 6.07 Å². The van der Waals surface area contributed by atoms with Gasteiger partial charge in [-0.05, 0) is 24.3 Å². The summed E-state index contributed by atoms with van der Waals surface area (Å²) in [6, 6.07) is 5.68. The number of hydrogen-bond donors (Lipinski definition) is 0. The normalized spacial score (nSPS) is 15.5. The fourth-order valence-electron chi connectivity index (χ4n) is 2.93. The van der Waals surface area contributed by atoms with Crippen LogP contribution >= 0.6 is 0 Å². The summed E-state index contributed by atoms with van der Waals surface area (Å²) in [7, 11) is 0. The van der Waals surface area contributed by atoms with Crippen LogP contribution in [0.1, 0.15) is 16.8 Å². The van der Waals surface area contributed by atoms with Gasteiger partial charge in [0.1, 0.15) is 23.4 Å². The van der Waals surface area contributed by atoms with Crippen molar-refractivity contribution in [3.8, 4) is 6.07 Å². The van der Waals surface area contributed by atoms with Crippen molar-refractivity contribution in [3.05, 3.63) is 47.3 Å². The second kappa shape index (κ2) is 7.18. The summed E-state index contributed by atoms with van der Waals surface area (Å²) in [5.74, 6) is -0.360. The molecule has 0 radical (unpaired) electrons. The van der Waals surface area contributed by atoms with E-state index in [1.807, 2.05) is 0 Å². The Bertz CT molecular complexity index is 894. The maximum absolute atomic E-state index is 13.2. The van der Waals surface area contributed by atoms with Crippen LogP contribution in [0.4, 0.5) is 38.0 Å². The lowest BCUT2D eigenvalue weighted by atomic mass is 10.2. The molecular weight excluding hydrogens is 388 g/mol. The van der Waals surface area contributed by atoms with Gasteiger partial charge < -0.3 is 9.80 Å². The van der Waals surface area contributed by atoms with E-state index in [-0.39, 0.29) is 43.4 Å². The number of nitrogens with zero attached hydrogens (tertiary/aromatic N) is 5. The number of pyridine rings is 2. The second-order valence-corrected chi connectivity index (χ2v) is 6.02. The molecule has 5 nitrogen and oxygen atoms in total. The Hall–Kier alpha value is -3.03. The van der Waals surface area contributed by atoms with Gasteiger partial charge in [-0.25, -0.2) is 9.97 Å². The number of halogens is 6. The molecule has 148 valence electrons. The largest absolute Gasteiger partial charge is 0.433 e. The Morgan fingerprint density at radius 1 is 0.857 bits per heavy atom. The standard InChI is InChI=1S/C17H13F6N5/c18-16(19,20)12-2-1-5-25-15(12)28-8-6-27(7-9-28)14-11(10-24)3-4-13(26-14)17(21,22)23/h1-5H,6-9H2. The van der Waals surface area contributed by atoms with Crippen LogP contribution in [0.25, 0.3) is 0 Å². The predicted molar refractivity (Wildman–Crippen MR) is 87.6 cm³/mol. The van der Waals surface area contributed by atoms with Crippen LogP contribution in [0.3, 0.4) is 0 Å². The minimum absolute atomic E-state index is 0.0322. The van der Waals surface area contributed by atoms with E-state index in [2.05, 4.69) is 9.97 Å². The van der Waals surface area contributed by atoms with Gasteiger partial charge in [0, 0.05) is 32.4 Å². The van der Waals surface area contributed by atoms with Gasteiger partial charge in [0.05, 0.1) is 11.1 Å². The predicted octanol–water partition coefficient (Wildman–Crippen LogP) is 3.71. The minimum atomic E-state index is -4.67. The molecule has 28 heavy (non-hydrogen) atoms. The number of hydrogen-bond acceptors (Lipinski definition) is 5. The summed E-state index contributed by atoms with van der Waals surface area (Å²) in [4.78, 5) is 10.2. The van der Waals surface area contributed by atoms with Crippen LogP contribution in [-0.4, -0.2) is 36.1 Å². The third-order valence-corrected chi connectivity index (χ3v) is 4.26. The van der Waals surface area contributed by atoms with Gasteiger partial charge in [-0.1, -0.05) is 0 Å². The van der Waals surface area contributed by atoms with E-state index in [1.165, 1.54) is 22.1 Å². The zero-order valence-corrected chi connectivity index (χ0v) is 14.2. The minimum Gasteiger partial charge on any atom is -0.353 e. The summed E-state index contributed by atoms with van der Waals surface area (Å²) in [5, 5.41) is 9.16. The molecule has 0 spiro atoms. The van der Waals surface area contributed by atoms with Crippen molar-refractivity contribution in [3.63, 3.8) is 0 Å². The highest BCUT2D eigenvalue weighted by atomic mass is 19.4. The van der Waals surface area contributed by atoms with Crippen molar-refractivity contribution < 1.29 is 26.3 Å². The highest BCUT2D eigenvalue weighted by Gasteiger charge is 2.37. The molecule has 2 aromatic rings. The molecular formula is C17H13F6N5. The molecule has 1 aliphatic rings. The molecule has 1 aliphatic heterocycles. The lowest BCUT2D eigenvalue weighted by Gasteiger charge is -2.37. The molecule has 0 unspecified atom stereocenters. The fraction of sp³-hybridized carbons (Fsp3) is 0.353. The molecule has 1 saturated heterocycles. The first-order valence-electron chi connectivity index (χ1n) is 8.11. The van der Waals surface area contributed by atoms with Gasteiger partial charge in [0.25, 0.3) is 0 Å². The van der Waals surface area contributed by atoms with Gasteiger partial charge >= 0.3 is 12.4 Å². The van der Waals surface area contributed by atoms with Crippen molar-refractivity contribution in [1.29, 1.82) is 5.26 Å². The third-order valence-electron chi connectivity index (χ3n) is 4.26. The Balaban J connectivity index is 1.83. The summed E-state index contributed by atoms with van der Waals surface area (Å²) in [5.41, 5.74) is -2.04. The Morgan fingerprint density at radius 3 is 2.00 bits per heavy atom. The molecule has 2 aromatic heterocycles. The van der Waals surface area contributed by atoms with Gasteiger partial charge in [-0.3, -0.25) is 0 Å². The maximum Gasteiger partial charge on any atom is 0.433 e. The molecule has 0 saturated carbocycles. The van der Waals surface area contributed by atoms with E-state index in [4.69, 9.17) is 5.26 Å². The lowest BCUT2D eigenvalue weighted by Crippen LogP contribution is -2.48. The van der Waals surface area contributed by atoms with Crippen LogP contribution in [0, 0.1) is 11.3 Å². The van der Waals surface area contributed by atoms with Gasteiger partial charge in [-0.2, -0.15) is 31.6 Å². The molecule has 0 aromatic carbocycles. The van der Waals surface area contributed by atoms with E-state index >= 15 is 0 Å². The highest BCUT2D eigenvalue weighted by molar-refractivity contribution is 5.57. The van der Waals surface area contributed by atoms with Crippen LogP contribution in [0.2, 0.25) is 0 Å². The van der Waals surface area contributed by atoms with Crippen LogP contribution < -0.4 is 9.80 Å². The number of aromatic nitrogens is 2. The van der Waals surface area contributed by atoms with Crippen LogP contribution in [0.5, 0.6) is 0 Å². The number of anilines is 2. The maximum atomic E-state index is 13.2. The first-order chi connectivity index (χ1) is 13.1. The Morgan fingerprint density at radius 2 is 1.46 bits per heavy atom. The highest BCUT2D eigenvalue weighted by Crippen LogP contribution is 2.36. The molecule has 1 fully saturated rings. The molecule has 0 N–H and O–H groups in total. The third kappa shape index (κ3) is 3.95. The summed E-state index contributed by atoms with van der Waals surface area (Å²) in [6.07, 6.45) is -7.99. The topological polar surface area (TPSA) is 56.1 Å². The molecule has 3 heterocycles. The average Bonchev–Trinajstić information content (AvgIpc) is 2.66. The number of piperazine rings is 1. The van der Waals surface area contributed by atoms with Crippen LogP contribution in [-0.2, 0) is 12.4 Å². The van der Waals surface area contributed by atoms with E-state index in [9.17, 15) is 26.3 Å². The van der Waals surface area contributed by atoms with Crippen molar-refractivity contribution >= 4 is 11.6 Å². The fourth-order valence-corrected chi connectivity index (χ4v) is 2.93.